The topological polar surface area (TPSA) is 30.5 Å². The molecule has 0 fully saturated rings. The number of aryl methyl sites for hydroxylation is 2. The van der Waals surface area contributed by atoms with E-state index in [0.717, 1.165) is 23.7 Å². The third-order valence-corrected chi connectivity index (χ3v) is 4.04. The van der Waals surface area contributed by atoms with Crippen molar-refractivity contribution < 1.29 is 9.47 Å². The molecule has 3 heteroatoms. The Bertz CT molecular complexity index is 637. The fraction of sp³-hybridized carbons (Fsp3) is 0.333. The van der Waals surface area contributed by atoms with E-state index >= 15 is 0 Å². The molecule has 3 nitrogen and oxygen atoms in total. The Morgan fingerprint density at radius 2 is 1.71 bits per heavy atom. The summed E-state index contributed by atoms with van der Waals surface area (Å²) >= 11 is 0. The number of nitrogens with one attached hydrogen (secondary N) is 1. The van der Waals surface area contributed by atoms with Crippen molar-refractivity contribution in [2.45, 2.75) is 25.8 Å². The molecule has 2 aromatic carbocycles. The van der Waals surface area contributed by atoms with E-state index < -0.39 is 0 Å². The van der Waals surface area contributed by atoms with Crippen LogP contribution in [0.3, 0.4) is 0 Å². The largest absolute Gasteiger partial charge is 0.493 e. The molecule has 0 aromatic heterocycles. The molecule has 0 saturated heterocycles. The standard InChI is InChI=1S/C18H21NO2/c1-20-17-9-8-16(11-18(17)21-2)19-12-13-6-7-14-4-3-5-15(14)10-13/h6-11,19H,3-5,12H2,1-2H3. The Kier molecular flexibility index (Phi) is 4.00. The number of anilines is 1. The highest BCUT2D eigenvalue weighted by molar-refractivity contribution is 5.55. The second-order valence-electron chi connectivity index (χ2n) is 5.38. The van der Waals surface area contributed by atoms with E-state index in [0.29, 0.717) is 0 Å². The normalized spacial score (nSPS) is 12.9. The van der Waals surface area contributed by atoms with Crippen LogP contribution in [0.5, 0.6) is 11.5 Å². The Hall–Kier alpha value is -2.16. The van der Waals surface area contributed by atoms with Gasteiger partial charge < -0.3 is 14.8 Å². The minimum Gasteiger partial charge on any atom is -0.493 e. The molecule has 110 valence electrons. The second-order valence-corrected chi connectivity index (χ2v) is 5.38. The van der Waals surface area contributed by atoms with E-state index in [1.54, 1.807) is 14.2 Å². The summed E-state index contributed by atoms with van der Waals surface area (Å²) in [5.74, 6) is 1.50. The highest BCUT2D eigenvalue weighted by atomic mass is 16.5. The van der Waals surface area contributed by atoms with Gasteiger partial charge in [-0.15, -0.1) is 0 Å². The summed E-state index contributed by atoms with van der Waals surface area (Å²) in [6, 6.07) is 12.7. The number of ether oxygens (including phenoxy) is 2. The molecule has 3 rings (SSSR count). The molecule has 0 atom stereocenters. The van der Waals surface area contributed by atoms with E-state index in [1.807, 2.05) is 18.2 Å². The van der Waals surface area contributed by atoms with Gasteiger partial charge in [0.05, 0.1) is 14.2 Å². The first-order valence-electron chi connectivity index (χ1n) is 7.37. The van der Waals surface area contributed by atoms with Crippen molar-refractivity contribution in [3.05, 3.63) is 53.1 Å². The first-order chi connectivity index (χ1) is 10.3. The number of methoxy groups -OCH3 is 2. The molecular weight excluding hydrogens is 262 g/mol. The van der Waals surface area contributed by atoms with Gasteiger partial charge in [0.15, 0.2) is 11.5 Å². The Morgan fingerprint density at radius 3 is 2.52 bits per heavy atom. The zero-order valence-electron chi connectivity index (χ0n) is 12.6. The molecule has 0 bridgehead atoms. The van der Waals surface area contributed by atoms with Crippen LogP contribution in [0.15, 0.2) is 36.4 Å². The lowest BCUT2D eigenvalue weighted by molar-refractivity contribution is 0.355. The SMILES string of the molecule is COc1ccc(NCc2ccc3c(c2)CCC3)cc1OC. The van der Waals surface area contributed by atoms with Crippen molar-refractivity contribution in [3.63, 3.8) is 0 Å². The molecule has 0 radical (unpaired) electrons. The first kappa shape index (κ1) is 13.8. The summed E-state index contributed by atoms with van der Waals surface area (Å²) in [7, 11) is 3.30. The zero-order chi connectivity index (χ0) is 14.7. The third-order valence-electron chi connectivity index (χ3n) is 4.04. The van der Waals surface area contributed by atoms with Crippen molar-refractivity contribution in [1.29, 1.82) is 0 Å². The molecule has 0 heterocycles. The molecule has 1 aliphatic rings. The maximum absolute atomic E-state index is 5.32. The van der Waals surface area contributed by atoms with E-state index in [2.05, 4.69) is 23.5 Å². The van der Waals surface area contributed by atoms with Crippen LogP contribution in [-0.4, -0.2) is 14.2 Å². The number of benzene rings is 2. The molecule has 1 N–H and O–H groups in total. The van der Waals surface area contributed by atoms with Crippen molar-refractivity contribution in [1.82, 2.24) is 0 Å². The lowest BCUT2D eigenvalue weighted by Gasteiger charge is -2.12. The molecule has 0 saturated carbocycles. The van der Waals surface area contributed by atoms with Gasteiger partial charge in [0.2, 0.25) is 0 Å². The second kappa shape index (κ2) is 6.08. The minimum absolute atomic E-state index is 0.747. The van der Waals surface area contributed by atoms with Crippen LogP contribution < -0.4 is 14.8 Å². The summed E-state index contributed by atoms with van der Waals surface area (Å²) < 4.78 is 10.6. The Labute approximate surface area is 125 Å². The average molecular weight is 283 g/mol. The lowest BCUT2D eigenvalue weighted by Crippen LogP contribution is -2.01. The molecule has 21 heavy (non-hydrogen) atoms. The van der Waals surface area contributed by atoms with Crippen LogP contribution in [0.2, 0.25) is 0 Å². The van der Waals surface area contributed by atoms with Crippen molar-refractivity contribution >= 4 is 5.69 Å². The van der Waals surface area contributed by atoms with Gasteiger partial charge in [0.25, 0.3) is 0 Å². The third kappa shape index (κ3) is 2.97. The van der Waals surface area contributed by atoms with Gasteiger partial charge in [-0.25, -0.2) is 0 Å². The lowest BCUT2D eigenvalue weighted by atomic mass is 10.1. The van der Waals surface area contributed by atoms with Gasteiger partial charge in [-0.1, -0.05) is 18.2 Å². The molecule has 1 aliphatic carbocycles. The number of hydrogen-bond donors (Lipinski definition) is 1. The predicted molar refractivity (Wildman–Crippen MR) is 85.3 cm³/mol. The van der Waals surface area contributed by atoms with Gasteiger partial charge in [-0.05, 0) is 48.1 Å². The van der Waals surface area contributed by atoms with Crippen LogP contribution in [0.1, 0.15) is 23.1 Å². The van der Waals surface area contributed by atoms with E-state index in [4.69, 9.17) is 9.47 Å². The maximum Gasteiger partial charge on any atom is 0.162 e. The fourth-order valence-electron chi connectivity index (χ4n) is 2.89. The van der Waals surface area contributed by atoms with Crippen molar-refractivity contribution in [2.75, 3.05) is 19.5 Å². The summed E-state index contributed by atoms with van der Waals surface area (Å²) in [6.07, 6.45) is 3.75. The van der Waals surface area contributed by atoms with Crippen LogP contribution >= 0.6 is 0 Å². The quantitative estimate of drug-likeness (QED) is 0.905. The fourth-order valence-corrected chi connectivity index (χ4v) is 2.89. The number of fused-ring (bicyclic) bond motifs is 1. The van der Waals surface area contributed by atoms with Gasteiger partial charge >= 0.3 is 0 Å². The van der Waals surface area contributed by atoms with E-state index in [9.17, 15) is 0 Å². The Morgan fingerprint density at radius 1 is 0.905 bits per heavy atom. The minimum atomic E-state index is 0.747. The van der Waals surface area contributed by atoms with Gasteiger partial charge in [0.1, 0.15) is 0 Å². The van der Waals surface area contributed by atoms with Gasteiger partial charge in [-0.3, -0.25) is 0 Å². The monoisotopic (exact) mass is 283 g/mol. The van der Waals surface area contributed by atoms with Gasteiger partial charge in [-0.2, -0.15) is 0 Å². The van der Waals surface area contributed by atoms with Crippen molar-refractivity contribution in [3.8, 4) is 11.5 Å². The highest BCUT2D eigenvalue weighted by Gasteiger charge is 2.10. The smallest absolute Gasteiger partial charge is 0.162 e. The highest BCUT2D eigenvalue weighted by Crippen LogP contribution is 2.30. The van der Waals surface area contributed by atoms with Crippen LogP contribution in [-0.2, 0) is 19.4 Å². The van der Waals surface area contributed by atoms with Crippen LogP contribution in [0, 0.1) is 0 Å². The van der Waals surface area contributed by atoms with Crippen LogP contribution in [0.25, 0.3) is 0 Å². The number of hydrogen-bond acceptors (Lipinski definition) is 3. The van der Waals surface area contributed by atoms with Gasteiger partial charge in [0, 0.05) is 18.3 Å². The first-order valence-corrected chi connectivity index (χ1v) is 7.37. The molecule has 2 aromatic rings. The number of rotatable bonds is 5. The molecule has 0 aliphatic heterocycles. The van der Waals surface area contributed by atoms with E-state index in [-0.39, 0.29) is 0 Å². The molecule has 0 spiro atoms. The summed E-state index contributed by atoms with van der Waals surface area (Å²) in [5.41, 5.74) is 5.39. The predicted octanol–water partition coefficient (Wildman–Crippen LogP) is 3.80. The molecule has 0 amide bonds. The molecular formula is C18H21NO2. The van der Waals surface area contributed by atoms with E-state index in [1.165, 1.54) is 36.0 Å². The average Bonchev–Trinajstić information content (AvgIpc) is 3.00. The molecule has 0 unspecified atom stereocenters. The Balaban J connectivity index is 1.70. The van der Waals surface area contributed by atoms with Crippen molar-refractivity contribution in [2.24, 2.45) is 0 Å². The maximum atomic E-state index is 5.32. The summed E-state index contributed by atoms with van der Waals surface area (Å²) in [6.45, 7) is 0.822. The summed E-state index contributed by atoms with van der Waals surface area (Å²) in [5, 5.41) is 3.44. The zero-order valence-corrected chi connectivity index (χ0v) is 12.6. The summed E-state index contributed by atoms with van der Waals surface area (Å²) in [4.78, 5) is 0. The van der Waals surface area contributed by atoms with Crippen LogP contribution in [0.4, 0.5) is 5.69 Å².